The maximum atomic E-state index is 13.0. The summed E-state index contributed by atoms with van der Waals surface area (Å²) in [6.07, 6.45) is 7.94. The van der Waals surface area contributed by atoms with E-state index in [2.05, 4.69) is 19.9 Å². The quantitative estimate of drug-likeness (QED) is 0.724. The lowest BCUT2D eigenvalue weighted by atomic mass is 10.1. The average Bonchev–Trinajstić information content (AvgIpc) is 3.15. The maximum Gasteiger partial charge on any atom is 0.267 e. The van der Waals surface area contributed by atoms with Crippen LogP contribution in [0.3, 0.4) is 0 Å². The molecule has 1 aliphatic rings. The normalized spacial score (nSPS) is 13.8. The zero-order valence-electron chi connectivity index (χ0n) is 13.7. The van der Waals surface area contributed by atoms with E-state index in [1.807, 2.05) is 12.4 Å². The minimum atomic E-state index is -0.276. The summed E-state index contributed by atoms with van der Waals surface area (Å²) in [6, 6.07) is 7.97. The number of nitrogens with zero attached hydrogens (tertiary/aromatic N) is 2. The lowest BCUT2D eigenvalue weighted by molar-refractivity contribution is 0.0948. The number of aromatic nitrogens is 3. The van der Waals surface area contributed by atoms with Crippen molar-refractivity contribution in [3.63, 3.8) is 0 Å². The lowest BCUT2D eigenvalue weighted by Gasteiger charge is -2.08. The van der Waals surface area contributed by atoms with Crippen molar-refractivity contribution in [1.29, 1.82) is 0 Å². The van der Waals surface area contributed by atoms with Crippen LogP contribution in [0.2, 0.25) is 0 Å². The molecule has 0 radical (unpaired) electrons. The second-order valence-electron chi connectivity index (χ2n) is 6.32. The molecule has 1 saturated carbocycles. The predicted molar refractivity (Wildman–Crippen MR) is 92.7 cm³/mol. The highest BCUT2D eigenvalue weighted by Crippen LogP contribution is 2.38. The Bertz CT molecular complexity index is 877. The number of H-pyrrole nitrogens is 1. The average molecular weight is 338 g/mol. The van der Waals surface area contributed by atoms with Crippen molar-refractivity contribution in [2.24, 2.45) is 0 Å². The third-order valence-electron chi connectivity index (χ3n) is 4.43. The van der Waals surface area contributed by atoms with Crippen molar-refractivity contribution < 1.29 is 9.18 Å². The van der Waals surface area contributed by atoms with E-state index >= 15 is 0 Å². The van der Waals surface area contributed by atoms with Crippen LogP contribution in [0.25, 0.3) is 11.1 Å². The summed E-state index contributed by atoms with van der Waals surface area (Å²) in [5, 5.41) is 2.92. The maximum absolute atomic E-state index is 13.0. The fraction of sp³-hybridized carbons (Fsp3) is 0.263. The van der Waals surface area contributed by atoms with Crippen LogP contribution in [-0.4, -0.2) is 27.0 Å². The smallest absolute Gasteiger partial charge is 0.267 e. The molecule has 0 aliphatic heterocycles. The summed E-state index contributed by atoms with van der Waals surface area (Å²) in [6.45, 7) is 1.25. The summed E-state index contributed by atoms with van der Waals surface area (Å²) >= 11 is 0. The molecule has 1 fully saturated rings. The van der Waals surface area contributed by atoms with Gasteiger partial charge in [-0.15, -0.1) is 0 Å². The zero-order valence-corrected chi connectivity index (χ0v) is 13.7. The summed E-state index contributed by atoms with van der Waals surface area (Å²) in [5.74, 6) is 1.28. The Morgan fingerprint density at radius 2 is 2.08 bits per heavy atom. The van der Waals surface area contributed by atoms with Crippen molar-refractivity contribution in [2.45, 2.75) is 25.3 Å². The first-order chi connectivity index (χ1) is 12.2. The van der Waals surface area contributed by atoms with E-state index < -0.39 is 0 Å². The summed E-state index contributed by atoms with van der Waals surface area (Å²) < 4.78 is 15.1. The number of carbonyl (C=O) groups is 1. The minimum Gasteiger partial charge on any atom is -0.357 e. The van der Waals surface area contributed by atoms with Gasteiger partial charge in [-0.1, -0.05) is 12.1 Å². The van der Waals surface area contributed by atoms with E-state index in [1.165, 1.54) is 25.0 Å². The van der Waals surface area contributed by atoms with Crippen LogP contribution in [0.4, 0.5) is 4.39 Å². The van der Waals surface area contributed by atoms with Gasteiger partial charge in [-0.2, -0.15) is 0 Å². The third-order valence-corrected chi connectivity index (χ3v) is 4.43. The Morgan fingerprint density at radius 3 is 2.84 bits per heavy atom. The molecule has 6 heteroatoms. The van der Waals surface area contributed by atoms with Gasteiger partial charge in [0.15, 0.2) is 0 Å². The van der Waals surface area contributed by atoms with Crippen molar-refractivity contribution in [3.8, 4) is 11.1 Å². The highest BCUT2D eigenvalue weighted by Gasteiger charge is 2.27. The van der Waals surface area contributed by atoms with E-state index in [9.17, 15) is 9.18 Å². The Labute approximate surface area is 144 Å². The Balaban J connectivity index is 1.35. The number of rotatable bonds is 6. The SMILES string of the molecule is O=C(NCCn1ccnc1C1CC1)c1cc(-c2ccc(F)cc2)c[nH]1. The van der Waals surface area contributed by atoms with E-state index in [1.54, 1.807) is 24.4 Å². The Morgan fingerprint density at radius 1 is 1.28 bits per heavy atom. The molecular formula is C19H19FN4O. The minimum absolute atomic E-state index is 0.151. The first kappa shape index (κ1) is 15.6. The van der Waals surface area contributed by atoms with Crippen molar-refractivity contribution >= 4 is 5.91 Å². The van der Waals surface area contributed by atoms with Gasteiger partial charge in [-0.05, 0) is 42.2 Å². The molecule has 0 unspecified atom stereocenters. The fourth-order valence-electron chi connectivity index (χ4n) is 2.93. The molecule has 5 nitrogen and oxygen atoms in total. The van der Waals surface area contributed by atoms with Crippen molar-refractivity contribution in [2.75, 3.05) is 6.54 Å². The van der Waals surface area contributed by atoms with Crippen molar-refractivity contribution in [3.05, 3.63) is 66.3 Å². The monoisotopic (exact) mass is 338 g/mol. The van der Waals surface area contributed by atoms with Gasteiger partial charge < -0.3 is 14.9 Å². The summed E-state index contributed by atoms with van der Waals surface area (Å²) in [4.78, 5) is 19.6. The first-order valence-corrected chi connectivity index (χ1v) is 8.44. The van der Waals surface area contributed by atoms with E-state index in [4.69, 9.17) is 0 Å². The number of amides is 1. The van der Waals surface area contributed by atoms with Crippen LogP contribution in [0.15, 0.2) is 48.9 Å². The van der Waals surface area contributed by atoms with Gasteiger partial charge in [-0.3, -0.25) is 4.79 Å². The highest BCUT2D eigenvalue weighted by atomic mass is 19.1. The van der Waals surface area contributed by atoms with Gasteiger partial charge in [0.25, 0.3) is 5.91 Å². The van der Waals surface area contributed by atoms with Crippen LogP contribution in [0, 0.1) is 5.82 Å². The number of nitrogens with one attached hydrogen (secondary N) is 2. The van der Waals surface area contributed by atoms with Crippen LogP contribution >= 0.6 is 0 Å². The second-order valence-corrected chi connectivity index (χ2v) is 6.32. The molecule has 1 aromatic carbocycles. The molecule has 3 aromatic rings. The van der Waals surface area contributed by atoms with E-state index in [0.717, 1.165) is 17.0 Å². The Kier molecular flexibility index (Phi) is 4.09. The molecule has 128 valence electrons. The molecule has 4 rings (SSSR count). The summed E-state index contributed by atoms with van der Waals surface area (Å²) in [5.41, 5.74) is 2.22. The van der Waals surface area contributed by atoms with Gasteiger partial charge in [0.1, 0.15) is 17.3 Å². The van der Waals surface area contributed by atoms with Gasteiger partial charge in [0.2, 0.25) is 0 Å². The number of hydrogen-bond acceptors (Lipinski definition) is 2. The molecule has 2 aromatic heterocycles. The molecule has 2 N–H and O–H groups in total. The number of halogens is 1. The van der Waals surface area contributed by atoms with Crippen LogP contribution in [0.5, 0.6) is 0 Å². The number of benzene rings is 1. The third kappa shape index (κ3) is 3.47. The summed E-state index contributed by atoms with van der Waals surface area (Å²) in [7, 11) is 0. The van der Waals surface area contributed by atoms with Crippen molar-refractivity contribution in [1.82, 2.24) is 19.9 Å². The van der Waals surface area contributed by atoms with Gasteiger partial charge in [0.05, 0.1) is 0 Å². The molecule has 1 aliphatic carbocycles. The molecule has 0 spiro atoms. The number of carbonyl (C=O) groups excluding carboxylic acids is 1. The van der Waals surface area contributed by atoms with E-state index in [0.29, 0.717) is 24.7 Å². The number of imidazole rings is 1. The molecule has 2 heterocycles. The standard InChI is InChI=1S/C19H19FN4O/c20-16-5-3-13(4-6-16)15-11-17(23-12-15)19(25)22-8-10-24-9-7-21-18(24)14-1-2-14/h3-7,9,11-12,14,23H,1-2,8,10H2,(H,22,25). The van der Waals surface area contributed by atoms with Crippen LogP contribution < -0.4 is 5.32 Å². The van der Waals surface area contributed by atoms with Gasteiger partial charge >= 0.3 is 0 Å². The second kappa shape index (κ2) is 6.55. The van der Waals surface area contributed by atoms with E-state index in [-0.39, 0.29) is 11.7 Å². The lowest BCUT2D eigenvalue weighted by Crippen LogP contribution is -2.27. The molecule has 0 bridgehead atoms. The number of hydrogen-bond donors (Lipinski definition) is 2. The number of aromatic amines is 1. The first-order valence-electron chi connectivity index (χ1n) is 8.44. The molecule has 0 saturated heterocycles. The predicted octanol–water partition coefficient (Wildman–Crippen LogP) is 3.32. The molecule has 0 atom stereocenters. The van der Waals surface area contributed by atoms with Gasteiger partial charge in [0, 0.05) is 37.6 Å². The fourth-order valence-corrected chi connectivity index (χ4v) is 2.93. The molecular weight excluding hydrogens is 319 g/mol. The Hall–Kier alpha value is -2.89. The molecule has 1 amide bonds. The molecule has 25 heavy (non-hydrogen) atoms. The van der Waals surface area contributed by atoms with Crippen LogP contribution in [-0.2, 0) is 6.54 Å². The zero-order chi connectivity index (χ0) is 17.2. The topological polar surface area (TPSA) is 62.7 Å². The van der Waals surface area contributed by atoms with Crippen LogP contribution in [0.1, 0.15) is 35.1 Å². The highest BCUT2D eigenvalue weighted by molar-refractivity contribution is 5.93. The largest absolute Gasteiger partial charge is 0.357 e. The van der Waals surface area contributed by atoms with Gasteiger partial charge in [-0.25, -0.2) is 9.37 Å².